The van der Waals surface area contributed by atoms with Crippen LogP contribution in [0.15, 0.2) is 78.9 Å². The molecular weight excluding hydrogens is 436 g/mol. The summed E-state index contributed by atoms with van der Waals surface area (Å²) in [6.07, 6.45) is 1.67. The Hall–Kier alpha value is -3.03. The largest absolute Gasteiger partial charge is 0.457 e. The van der Waals surface area contributed by atoms with Gasteiger partial charge in [-0.2, -0.15) is 0 Å². The second kappa shape index (κ2) is 10.3. The number of para-hydroxylation sites is 1. The van der Waals surface area contributed by atoms with Crippen LogP contribution in [0.5, 0.6) is 11.5 Å². The van der Waals surface area contributed by atoms with E-state index in [1.165, 1.54) is 4.31 Å². The molecule has 0 saturated carbocycles. The molecule has 0 aliphatic heterocycles. The summed E-state index contributed by atoms with van der Waals surface area (Å²) < 4.78 is 31.3. The minimum atomic E-state index is -3.49. The first kappa shape index (κ1) is 22.7. The SMILES string of the molecule is CS(=O)(=O)N(CCCC(=O)Nc1ccc(Oc2ccccc2)cc1)c1cccc(Cl)c1. The van der Waals surface area contributed by atoms with E-state index >= 15 is 0 Å². The molecule has 3 aromatic rings. The van der Waals surface area contributed by atoms with Crippen molar-refractivity contribution in [1.29, 1.82) is 0 Å². The van der Waals surface area contributed by atoms with Gasteiger partial charge in [0.05, 0.1) is 11.9 Å². The van der Waals surface area contributed by atoms with Gasteiger partial charge in [0.1, 0.15) is 11.5 Å². The fraction of sp³-hybridized carbons (Fsp3) is 0.174. The summed E-state index contributed by atoms with van der Waals surface area (Å²) in [5, 5.41) is 3.26. The number of carbonyl (C=O) groups excluding carboxylic acids is 1. The van der Waals surface area contributed by atoms with Gasteiger partial charge in [0, 0.05) is 23.7 Å². The van der Waals surface area contributed by atoms with E-state index in [4.69, 9.17) is 16.3 Å². The van der Waals surface area contributed by atoms with Gasteiger partial charge in [-0.1, -0.05) is 35.9 Å². The van der Waals surface area contributed by atoms with E-state index in [2.05, 4.69) is 5.32 Å². The maximum Gasteiger partial charge on any atom is 0.232 e. The molecule has 0 fully saturated rings. The quantitative estimate of drug-likeness (QED) is 0.471. The van der Waals surface area contributed by atoms with Crippen molar-refractivity contribution in [2.45, 2.75) is 12.8 Å². The van der Waals surface area contributed by atoms with Gasteiger partial charge in [-0.25, -0.2) is 8.42 Å². The number of ether oxygens (including phenoxy) is 1. The van der Waals surface area contributed by atoms with Gasteiger partial charge in [0.2, 0.25) is 15.9 Å². The van der Waals surface area contributed by atoms with Crippen LogP contribution in [0.1, 0.15) is 12.8 Å². The molecule has 3 aromatic carbocycles. The number of nitrogens with zero attached hydrogens (tertiary/aromatic N) is 1. The molecular formula is C23H23ClN2O4S. The van der Waals surface area contributed by atoms with E-state index in [-0.39, 0.29) is 18.9 Å². The number of halogens is 1. The van der Waals surface area contributed by atoms with E-state index < -0.39 is 10.0 Å². The Bertz CT molecular complexity index is 1120. The first-order chi connectivity index (χ1) is 14.8. The summed E-state index contributed by atoms with van der Waals surface area (Å²) >= 11 is 5.98. The maximum absolute atomic E-state index is 12.3. The minimum absolute atomic E-state index is 0.175. The van der Waals surface area contributed by atoms with Crippen molar-refractivity contribution in [3.05, 3.63) is 83.9 Å². The van der Waals surface area contributed by atoms with Crippen molar-refractivity contribution < 1.29 is 17.9 Å². The molecule has 0 atom stereocenters. The highest BCUT2D eigenvalue weighted by Crippen LogP contribution is 2.24. The molecule has 0 aliphatic rings. The average Bonchev–Trinajstić information content (AvgIpc) is 2.72. The van der Waals surface area contributed by atoms with E-state index in [1.54, 1.807) is 48.5 Å². The number of hydrogen-bond donors (Lipinski definition) is 1. The number of rotatable bonds is 9. The number of hydrogen-bond acceptors (Lipinski definition) is 4. The lowest BCUT2D eigenvalue weighted by atomic mass is 10.2. The molecule has 0 radical (unpaired) electrons. The van der Waals surface area contributed by atoms with Crippen LogP contribution in [0.25, 0.3) is 0 Å². The molecule has 0 heterocycles. The summed E-state index contributed by atoms with van der Waals surface area (Å²) in [4.78, 5) is 12.3. The minimum Gasteiger partial charge on any atom is -0.457 e. The van der Waals surface area contributed by atoms with Crippen LogP contribution < -0.4 is 14.4 Å². The van der Waals surface area contributed by atoms with Crippen molar-refractivity contribution in [3.63, 3.8) is 0 Å². The number of sulfonamides is 1. The molecule has 0 spiro atoms. The first-order valence-electron chi connectivity index (χ1n) is 9.67. The highest BCUT2D eigenvalue weighted by molar-refractivity contribution is 7.92. The Morgan fingerprint density at radius 1 is 0.968 bits per heavy atom. The third kappa shape index (κ3) is 7.01. The van der Waals surface area contributed by atoms with Crippen LogP contribution in [-0.4, -0.2) is 27.1 Å². The third-order valence-electron chi connectivity index (χ3n) is 4.38. The second-order valence-electron chi connectivity index (χ2n) is 6.91. The second-order valence-corrected chi connectivity index (χ2v) is 9.25. The van der Waals surface area contributed by atoms with Crippen molar-refractivity contribution in [2.75, 3.05) is 22.4 Å². The van der Waals surface area contributed by atoms with Gasteiger partial charge in [0.15, 0.2) is 0 Å². The molecule has 31 heavy (non-hydrogen) atoms. The van der Waals surface area contributed by atoms with Crippen molar-refractivity contribution in [2.24, 2.45) is 0 Å². The lowest BCUT2D eigenvalue weighted by Crippen LogP contribution is -2.31. The number of carbonyl (C=O) groups is 1. The Morgan fingerprint density at radius 2 is 1.65 bits per heavy atom. The molecule has 0 aromatic heterocycles. The molecule has 1 N–H and O–H groups in total. The van der Waals surface area contributed by atoms with Crippen LogP contribution in [0.3, 0.4) is 0 Å². The zero-order valence-electron chi connectivity index (χ0n) is 17.0. The van der Waals surface area contributed by atoms with Gasteiger partial charge in [-0.05, 0) is 61.0 Å². The van der Waals surface area contributed by atoms with Gasteiger partial charge in [-0.15, -0.1) is 0 Å². The lowest BCUT2D eigenvalue weighted by molar-refractivity contribution is -0.116. The summed E-state index contributed by atoms with van der Waals surface area (Å²) in [5.74, 6) is 1.19. The fourth-order valence-corrected chi connectivity index (χ4v) is 4.10. The Balaban J connectivity index is 1.52. The van der Waals surface area contributed by atoms with Crippen LogP contribution >= 0.6 is 11.6 Å². The molecule has 0 saturated heterocycles. The highest BCUT2D eigenvalue weighted by atomic mass is 35.5. The molecule has 0 unspecified atom stereocenters. The molecule has 162 valence electrons. The average molecular weight is 459 g/mol. The summed E-state index contributed by atoms with van der Waals surface area (Å²) in [5.41, 5.74) is 1.12. The normalized spacial score (nSPS) is 11.0. The Morgan fingerprint density at radius 3 is 2.29 bits per heavy atom. The van der Waals surface area contributed by atoms with Gasteiger partial charge in [0.25, 0.3) is 0 Å². The van der Waals surface area contributed by atoms with Crippen molar-refractivity contribution >= 4 is 38.9 Å². The van der Waals surface area contributed by atoms with Crippen LogP contribution in [0.4, 0.5) is 11.4 Å². The van der Waals surface area contributed by atoms with E-state index in [0.717, 1.165) is 12.0 Å². The summed E-state index contributed by atoms with van der Waals surface area (Å²) in [6, 6.07) is 23.1. The van der Waals surface area contributed by atoms with Crippen LogP contribution in [-0.2, 0) is 14.8 Å². The predicted octanol–water partition coefficient (Wildman–Crippen LogP) is 5.32. The Labute approximate surface area is 187 Å². The topological polar surface area (TPSA) is 75.7 Å². The molecule has 0 aliphatic carbocycles. The highest BCUT2D eigenvalue weighted by Gasteiger charge is 2.18. The van der Waals surface area contributed by atoms with E-state index in [0.29, 0.717) is 28.6 Å². The van der Waals surface area contributed by atoms with Gasteiger partial charge in [-0.3, -0.25) is 9.10 Å². The number of anilines is 2. The molecule has 0 bridgehead atoms. The van der Waals surface area contributed by atoms with E-state index in [9.17, 15) is 13.2 Å². The zero-order chi connectivity index (χ0) is 22.3. The van der Waals surface area contributed by atoms with E-state index in [1.807, 2.05) is 30.3 Å². The Kier molecular flexibility index (Phi) is 7.55. The number of benzene rings is 3. The number of amides is 1. The van der Waals surface area contributed by atoms with Gasteiger partial charge < -0.3 is 10.1 Å². The number of nitrogens with one attached hydrogen (secondary N) is 1. The maximum atomic E-state index is 12.3. The zero-order valence-corrected chi connectivity index (χ0v) is 18.6. The van der Waals surface area contributed by atoms with Crippen LogP contribution in [0, 0.1) is 0 Å². The van der Waals surface area contributed by atoms with Gasteiger partial charge >= 0.3 is 0 Å². The standard InChI is InChI=1S/C23H23ClN2O4S/c1-31(28,29)26(20-8-5-7-18(24)17-20)16-6-11-23(27)25-19-12-14-22(15-13-19)30-21-9-3-2-4-10-21/h2-5,7-10,12-15,17H,6,11,16H2,1H3,(H,25,27). The third-order valence-corrected chi connectivity index (χ3v) is 5.81. The van der Waals surface area contributed by atoms with Crippen molar-refractivity contribution in [3.8, 4) is 11.5 Å². The molecule has 8 heteroatoms. The summed E-state index contributed by atoms with van der Waals surface area (Å²) in [6.45, 7) is 0.177. The van der Waals surface area contributed by atoms with Crippen molar-refractivity contribution in [1.82, 2.24) is 0 Å². The predicted molar refractivity (Wildman–Crippen MR) is 124 cm³/mol. The monoisotopic (exact) mass is 458 g/mol. The first-order valence-corrected chi connectivity index (χ1v) is 11.9. The summed E-state index contributed by atoms with van der Waals surface area (Å²) in [7, 11) is -3.49. The molecule has 1 amide bonds. The fourth-order valence-electron chi connectivity index (χ4n) is 2.96. The smallest absolute Gasteiger partial charge is 0.232 e. The molecule has 6 nitrogen and oxygen atoms in total. The van der Waals surface area contributed by atoms with Crippen LogP contribution in [0.2, 0.25) is 5.02 Å². The molecule has 3 rings (SSSR count). The lowest BCUT2D eigenvalue weighted by Gasteiger charge is -2.22.